The number of rotatable bonds is 4. The van der Waals surface area contributed by atoms with E-state index in [1.54, 1.807) is 0 Å². The van der Waals surface area contributed by atoms with Gasteiger partial charge in [-0.2, -0.15) is 0 Å². The van der Waals surface area contributed by atoms with E-state index < -0.39 is 5.60 Å². The standard InChI is InChI=1S/C15H27NO2/c1-16(11-15(17)4-6-18-7-5-15)10-14-9-12-2-3-13(14)8-12/h12-14,17H,2-11H2,1H3. The van der Waals surface area contributed by atoms with E-state index in [0.717, 1.165) is 50.4 Å². The van der Waals surface area contributed by atoms with E-state index in [1.165, 1.54) is 32.2 Å². The van der Waals surface area contributed by atoms with Crippen molar-refractivity contribution in [2.24, 2.45) is 17.8 Å². The molecule has 3 nitrogen and oxygen atoms in total. The molecule has 0 aromatic rings. The SMILES string of the molecule is CN(CC1CC2CCC1C2)CC1(O)CCOCC1. The molecule has 0 spiro atoms. The summed E-state index contributed by atoms with van der Waals surface area (Å²) in [5.74, 6) is 2.92. The van der Waals surface area contributed by atoms with Crippen LogP contribution in [-0.2, 0) is 4.74 Å². The molecule has 3 heteroatoms. The van der Waals surface area contributed by atoms with E-state index in [9.17, 15) is 5.11 Å². The Morgan fingerprint density at radius 1 is 1.22 bits per heavy atom. The molecule has 3 unspecified atom stereocenters. The molecule has 3 rings (SSSR count). The average molecular weight is 253 g/mol. The predicted octanol–water partition coefficient (Wildman–Crippen LogP) is 1.90. The van der Waals surface area contributed by atoms with Gasteiger partial charge in [-0.25, -0.2) is 0 Å². The molecule has 1 aliphatic heterocycles. The second-order valence-electron chi connectivity index (χ2n) is 6.97. The van der Waals surface area contributed by atoms with Crippen LogP contribution in [0.4, 0.5) is 0 Å². The van der Waals surface area contributed by atoms with Gasteiger partial charge in [0.05, 0.1) is 5.60 Å². The molecule has 3 atom stereocenters. The Kier molecular flexibility index (Phi) is 3.65. The Morgan fingerprint density at radius 3 is 2.61 bits per heavy atom. The molecule has 3 aliphatic rings. The normalized spacial score (nSPS) is 38.5. The summed E-state index contributed by atoms with van der Waals surface area (Å²) >= 11 is 0. The maximum Gasteiger partial charge on any atom is 0.0817 e. The number of hydrogen-bond donors (Lipinski definition) is 1. The zero-order valence-corrected chi connectivity index (χ0v) is 11.6. The fraction of sp³-hybridized carbons (Fsp3) is 1.00. The molecule has 18 heavy (non-hydrogen) atoms. The lowest BCUT2D eigenvalue weighted by Gasteiger charge is -2.37. The van der Waals surface area contributed by atoms with Gasteiger partial charge in [0, 0.05) is 39.1 Å². The molecule has 2 bridgehead atoms. The van der Waals surface area contributed by atoms with Crippen LogP contribution >= 0.6 is 0 Å². The second kappa shape index (κ2) is 5.10. The molecule has 1 heterocycles. The molecule has 2 saturated carbocycles. The number of fused-ring (bicyclic) bond motifs is 2. The predicted molar refractivity (Wildman–Crippen MR) is 71.4 cm³/mol. The van der Waals surface area contributed by atoms with Crippen LogP contribution in [-0.4, -0.2) is 49.0 Å². The molecule has 1 saturated heterocycles. The first kappa shape index (κ1) is 12.9. The lowest BCUT2D eigenvalue weighted by Crippen LogP contribution is -2.47. The third-order valence-corrected chi connectivity index (χ3v) is 5.42. The molecular weight excluding hydrogens is 226 g/mol. The summed E-state index contributed by atoms with van der Waals surface area (Å²) in [7, 11) is 2.18. The highest BCUT2D eigenvalue weighted by Gasteiger charge is 2.40. The Labute approximate surface area is 110 Å². The molecule has 3 fully saturated rings. The lowest BCUT2D eigenvalue weighted by molar-refractivity contribution is -0.0786. The molecule has 104 valence electrons. The van der Waals surface area contributed by atoms with Gasteiger partial charge in [0.1, 0.15) is 0 Å². The van der Waals surface area contributed by atoms with Crippen molar-refractivity contribution in [3.63, 3.8) is 0 Å². The molecular formula is C15H27NO2. The van der Waals surface area contributed by atoms with E-state index >= 15 is 0 Å². The smallest absolute Gasteiger partial charge is 0.0817 e. The Hall–Kier alpha value is -0.120. The van der Waals surface area contributed by atoms with E-state index in [-0.39, 0.29) is 0 Å². The van der Waals surface area contributed by atoms with Crippen molar-refractivity contribution in [2.75, 3.05) is 33.4 Å². The van der Waals surface area contributed by atoms with Crippen molar-refractivity contribution in [1.82, 2.24) is 4.90 Å². The van der Waals surface area contributed by atoms with Crippen LogP contribution < -0.4 is 0 Å². The summed E-state index contributed by atoms with van der Waals surface area (Å²) in [4.78, 5) is 2.37. The third kappa shape index (κ3) is 2.73. The highest BCUT2D eigenvalue weighted by Crippen LogP contribution is 2.48. The van der Waals surface area contributed by atoms with E-state index in [0.29, 0.717) is 0 Å². The summed E-state index contributed by atoms with van der Waals surface area (Å²) < 4.78 is 5.34. The van der Waals surface area contributed by atoms with Crippen molar-refractivity contribution < 1.29 is 9.84 Å². The first-order valence-corrected chi connectivity index (χ1v) is 7.63. The van der Waals surface area contributed by atoms with Crippen LogP contribution in [0.2, 0.25) is 0 Å². The summed E-state index contributed by atoms with van der Waals surface area (Å²) in [6, 6.07) is 0. The van der Waals surface area contributed by atoms with Crippen LogP contribution in [0.15, 0.2) is 0 Å². The summed E-state index contributed by atoms with van der Waals surface area (Å²) in [6.07, 6.45) is 7.46. The van der Waals surface area contributed by atoms with Gasteiger partial charge < -0.3 is 14.7 Å². The minimum absolute atomic E-state index is 0.495. The topological polar surface area (TPSA) is 32.7 Å². The van der Waals surface area contributed by atoms with Gasteiger partial charge in [-0.15, -0.1) is 0 Å². The van der Waals surface area contributed by atoms with Crippen molar-refractivity contribution in [3.8, 4) is 0 Å². The number of hydrogen-bond acceptors (Lipinski definition) is 3. The number of nitrogens with zero attached hydrogens (tertiary/aromatic N) is 1. The Morgan fingerprint density at radius 2 is 2.00 bits per heavy atom. The molecule has 0 aromatic carbocycles. The number of ether oxygens (including phenoxy) is 1. The zero-order valence-electron chi connectivity index (χ0n) is 11.6. The Bertz CT molecular complexity index is 288. The minimum atomic E-state index is -0.495. The molecule has 0 aromatic heterocycles. The van der Waals surface area contributed by atoms with Crippen molar-refractivity contribution in [1.29, 1.82) is 0 Å². The van der Waals surface area contributed by atoms with E-state index in [4.69, 9.17) is 4.74 Å². The lowest BCUT2D eigenvalue weighted by atomic mass is 9.87. The van der Waals surface area contributed by atoms with Crippen molar-refractivity contribution in [2.45, 2.75) is 44.1 Å². The fourth-order valence-corrected chi connectivity index (χ4v) is 4.48. The molecule has 0 amide bonds. The molecule has 0 radical (unpaired) electrons. The van der Waals surface area contributed by atoms with Gasteiger partial charge in [0.15, 0.2) is 0 Å². The number of likely N-dealkylation sites (N-methyl/N-ethyl adjacent to an activating group) is 1. The summed E-state index contributed by atoms with van der Waals surface area (Å²) in [5, 5.41) is 10.5. The average Bonchev–Trinajstić information content (AvgIpc) is 2.90. The van der Waals surface area contributed by atoms with Crippen molar-refractivity contribution >= 4 is 0 Å². The van der Waals surface area contributed by atoms with Gasteiger partial charge in [0.2, 0.25) is 0 Å². The van der Waals surface area contributed by atoms with Crippen LogP contribution in [0.5, 0.6) is 0 Å². The molecule has 2 aliphatic carbocycles. The van der Waals surface area contributed by atoms with Crippen LogP contribution in [0.1, 0.15) is 38.5 Å². The third-order valence-electron chi connectivity index (χ3n) is 5.42. The maximum absolute atomic E-state index is 10.5. The van der Waals surface area contributed by atoms with Crippen LogP contribution in [0.3, 0.4) is 0 Å². The summed E-state index contributed by atoms with van der Waals surface area (Å²) in [6.45, 7) is 3.45. The van der Waals surface area contributed by atoms with E-state index in [1.807, 2.05) is 0 Å². The van der Waals surface area contributed by atoms with Crippen LogP contribution in [0.25, 0.3) is 0 Å². The highest BCUT2D eigenvalue weighted by atomic mass is 16.5. The van der Waals surface area contributed by atoms with Gasteiger partial charge in [-0.3, -0.25) is 0 Å². The molecule has 1 N–H and O–H groups in total. The van der Waals surface area contributed by atoms with Gasteiger partial charge in [0.25, 0.3) is 0 Å². The summed E-state index contributed by atoms with van der Waals surface area (Å²) in [5.41, 5.74) is -0.495. The monoisotopic (exact) mass is 253 g/mol. The van der Waals surface area contributed by atoms with Gasteiger partial charge in [-0.05, 0) is 44.1 Å². The maximum atomic E-state index is 10.5. The van der Waals surface area contributed by atoms with E-state index in [2.05, 4.69) is 11.9 Å². The Balaban J connectivity index is 1.48. The first-order valence-electron chi connectivity index (χ1n) is 7.63. The largest absolute Gasteiger partial charge is 0.388 e. The van der Waals surface area contributed by atoms with Gasteiger partial charge in [-0.1, -0.05) is 6.42 Å². The minimum Gasteiger partial charge on any atom is -0.388 e. The zero-order chi connectivity index (χ0) is 12.6. The van der Waals surface area contributed by atoms with Crippen molar-refractivity contribution in [3.05, 3.63) is 0 Å². The fourth-order valence-electron chi connectivity index (χ4n) is 4.48. The quantitative estimate of drug-likeness (QED) is 0.830. The first-order chi connectivity index (χ1) is 8.65. The van der Waals surface area contributed by atoms with Crippen LogP contribution in [0, 0.1) is 17.8 Å². The highest BCUT2D eigenvalue weighted by molar-refractivity contribution is 4.92. The second-order valence-corrected chi connectivity index (χ2v) is 6.97. The number of aliphatic hydroxyl groups is 1. The van der Waals surface area contributed by atoms with Gasteiger partial charge >= 0.3 is 0 Å².